The fourth-order valence-corrected chi connectivity index (χ4v) is 2.40. The van der Waals surface area contributed by atoms with Crippen LogP contribution in [-0.4, -0.2) is 29.6 Å². The van der Waals surface area contributed by atoms with Gasteiger partial charge >= 0.3 is 0 Å². The summed E-state index contributed by atoms with van der Waals surface area (Å²) in [5, 5.41) is 3.34. The van der Waals surface area contributed by atoms with Crippen LogP contribution < -0.4 is 10.2 Å². The molecule has 19 heavy (non-hydrogen) atoms. The number of aryl methyl sites for hydroxylation is 1. The van der Waals surface area contributed by atoms with Gasteiger partial charge in [-0.3, -0.25) is 0 Å². The smallest absolute Gasteiger partial charge is 0.137 e. The van der Waals surface area contributed by atoms with Crippen LogP contribution in [0.15, 0.2) is 0 Å². The molecule has 0 aliphatic heterocycles. The zero-order chi connectivity index (χ0) is 14.4. The molecule has 0 unspecified atom stereocenters. The predicted molar refractivity (Wildman–Crippen MR) is 83.1 cm³/mol. The molecule has 108 valence electrons. The van der Waals surface area contributed by atoms with Crippen molar-refractivity contribution in [2.75, 3.05) is 23.8 Å². The minimum absolute atomic E-state index is 0.535. The van der Waals surface area contributed by atoms with Gasteiger partial charge in [0.15, 0.2) is 0 Å². The number of hydrogen-bond donors (Lipinski definition) is 1. The van der Waals surface area contributed by atoms with Gasteiger partial charge in [0.1, 0.15) is 17.5 Å². The second-order valence-corrected chi connectivity index (χ2v) is 4.90. The summed E-state index contributed by atoms with van der Waals surface area (Å²) in [4.78, 5) is 11.6. The first-order valence-corrected chi connectivity index (χ1v) is 7.43. The molecule has 1 rings (SSSR count). The van der Waals surface area contributed by atoms with Crippen LogP contribution in [0, 0.1) is 6.92 Å². The van der Waals surface area contributed by atoms with E-state index in [1.165, 1.54) is 0 Å². The third kappa shape index (κ3) is 3.58. The molecule has 1 aromatic rings. The largest absolute Gasteiger partial charge is 0.370 e. The molecule has 0 fully saturated rings. The molecule has 0 saturated heterocycles. The molecule has 0 saturated carbocycles. The van der Waals surface area contributed by atoms with Crippen molar-refractivity contribution in [1.82, 2.24) is 9.97 Å². The molecule has 4 nitrogen and oxygen atoms in total. The van der Waals surface area contributed by atoms with Gasteiger partial charge < -0.3 is 10.2 Å². The van der Waals surface area contributed by atoms with Crippen LogP contribution in [0.3, 0.4) is 0 Å². The van der Waals surface area contributed by atoms with Crippen molar-refractivity contribution < 1.29 is 0 Å². The summed E-state index contributed by atoms with van der Waals surface area (Å²) in [5.41, 5.74) is 1.15. The number of nitrogens with zero attached hydrogens (tertiary/aromatic N) is 3. The van der Waals surface area contributed by atoms with Crippen molar-refractivity contribution in [3.8, 4) is 0 Å². The Labute approximate surface area is 117 Å². The summed E-state index contributed by atoms with van der Waals surface area (Å²) >= 11 is 0. The van der Waals surface area contributed by atoms with Crippen molar-refractivity contribution in [3.63, 3.8) is 0 Å². The number of hydrogen-bond acceptors (Lipinski definition) is 4. The van der Waals surface area contributed by atoms with E-state index in [0.29, 0.717) is 6.04 Å². The normalized spacial score (nSPS) is 10.9. The van der Waals surface area contributed by atoms with Crippen molar-refractivity contribution in [1.29, 1.82) is 0 Å². The topological polar surface area (TPSA) is 41.1 Å². The van der Waals surface area contributed by atoms with E-state index in [2.05, 4.69) is 56.9 Å². The molecule has 1 heterocycles. The molecule has 0 amide bonds. The maximum absolute atomic E-state index is 4.73. The molecule has 4 heteroatoms. The summed E-state index contributed by atoms with van der Waals surface area (Å²) in [7, 11) is 2.14. The lowest BCUT2D eigenvalue weighted by molar-refractivity contribution is 0.584. The predicted octanol–water partition coefficient (Wildman–Crippen LogP) is 3.40. The molecular formula is C15H28N4. The first kappa shape index (κ1) is 15.7. The molecule has 0 aromatic carbocycles. The molecule has 0 aliphatic rings. The molecule has 0 aliphatic carbocycles. The van der Waals surface area contributed by atoms with Crippen LogP contribution in [0.5, 0.6) is 0 Å². The highest BCUT2D eigenvalue weighted by Crippen LogP contribution is 2.25. The molecule has 1 N–H and O–H groups in total. The van der Waals surface area contributed by atoms with Crippen molar-refractivity contribution in [3.05, 3.63) is 11.4 Å². The van der Waals surface area contributed by atoms with Crippen LogP contribution >= 0.6 is 0 Å². The molecule has 0 atom stereocenters. The van der Waals surface area contributed by atoms with Gasteiger partial charge in [-0.25, -0.2) is 9.97 Å². The van der Waals surface area contributed by atoms with E-state index in [-0.39, 0.29) is 0 Å². The van der Waals surface area contributed by atoms with Crippen LogP contribution in [0.25, 0.3) is 0 Å². The first-order chi connectivity index (χ1) is 9.08. The highest BCUT2D eigenvalue weighted by Gasteiger charge is 2.18. The van der Waals surface area contributed by atoms with Crippen molar-refractivity contribution in [2.24, 2.45) is 0 Å². The summed E-state index contributed by atoms with van der Waals surface area (Å²) in [6.07, 6.45) is 3.13. The Hall–Kier alpha value is -1.32. The van der Waals surface area contributed by atoms with Gasteiger partial charge in [-0.2, -0.15) is 0 Å². The molecule has 0 bridgehead atoms. The van der Waals surface area contributed by atoms with Crippen LogP contribution in [0.4, 0.5) is 11.6 Å². The maximum Gasteiger partial charge on any atom is 0.137 e. The minimum Gasteiger partial charge on any atom is -0.370 e. The fourth-order valence-electron chi connectivity index (χ4n) is 2.40. The van der Waals surface area contributed by atoms with Gasteiger partial charge in [-0.15, -0.1) is 0 Å². The lowest BCUT2D eigenvalue weighted by Crippen LogP contribution is -2.32. The summed E-state index contributed by atoms with van der Waals surface area (Å²) in [6, 6.07) is 0.535. The average molecular weight is 264 g/mol. The Morgan fingerprint density at radius 1 is 1.11 bits per heavy atom. The second-order valence-electron chi connectivity index (χ2n) is 4.90. The van der Waals surface area contributed by atoms with E-state index in [1.54, 1.807) is 0 Å². The third-order valence-corrected chi connectivity index (χ3v) is 3.65. The third-order valence-electron chi connectivity index (χ3n) is 3.65. The minimum atomic E-state index is 0.535. The zero-order valence-corrected chi connectivity index (χ0v) is 13.2. The average Bonchev–Trinajstić information content (AvgIpc) is 2.42. The van der Waals surface area contributed by atoms with Gasteiger partial charge in [0, 0.05) is 31.6 Å². The summed E-state index contributed by atoms with van der Waals surface area (Å²) in [6.45, 7) is 11.6. The van der Waals surface area contributed by atoms with E-state index < -0.39 is 0 Å². The SMILES string of the molecule is CCNc1nc(CC)nc(N(C)C(CC)CC)c1C. The van der Waals surface area contributed by atoms with Gasteiger partial charge in [-0.1, -0.05) is 20.8 Å². The Kier molecular flexibility index (Phi) is 6.06. The fraction of sp³-hybridized carbons (Fsp3) is 0.733. The Morgan fingerprint density at radius 2 is 1.74 bits per heavy atom. The molecular weight excluding hydrogens is 236 g/mol. The van der Waals surface area contributed by atoms with Gasteiger partial charge in [0.05, 0.1) is 0 Å². The number of rotatable bonds is 7. The molecule has 0 radical (unpaired) electrons. The van der Waals surface area contributed by atoms with E-state index in [9.17, 15) is 0 Å². The monoisotopic (exact) mass is 264 g/mol. The van der Waals surface area contributed by atoms with E-state index in [0.717, 1.165) is 48.8 Å². The van der Waals surface area contributed by atoms with Crippen molar-refractivity contribution >= 4 is 11.6 Å². The lowest BCUT2D eigenvalue weighted by Gasteiger charge is -2.29. The summed E-state index contributed by atoms with van der Waals surface area (Å²) < 4.78 is 0. The Bertz CT molecular complexity index is 399. The zero-order valence-electron chi connectivity index (χ0n) is 13.2. The molecule has 1 aromatic heterocycles. The lowest BCUT2D eigenvalue weighted by atomic mass is 10.1. The first-order valence-electron chi connectivity index (χ1n) is 7.43. The highest BCUT2D eigenvalue weighted by atomic mass is 15.2. The van der Waals surface area contributed by atoms with Gasteiger partial charge in [0.2, 0.25) is 0 Å². The van der Waals surface area contributed by atoms with E-state index in [4.69, 9.17) is 4.98 Å². The van der Waals surface area contributed by atoms with Gasteiger partial charge in [0.25, 0.3) is 0 Å². The number of aromatic nitrogens is 2. The standard InChI is InChI=1S/C15H28N4/c1-7-12(8-2)19(6)15-11(5)14(16-10-4)17-13(9-3)18-15/h12H,7-10H2,1-6H3,(H,16,17,18). The second kappa shape index (κ2) is 7.31. The highest BCUT2D eigenvalue weighted by molar-refractivity contribution is 5.58. The van der Waals surface area contributed by atoms with Crippen LogP contribution in [0.1, 0.15) is 51.9 Å². The maximum atomic E-state index is 4.73. The van der Waals surface area contributed by atoms with Crippen LogP contribution in [0.2, 0.25) is 0 Å². The molecule has 0 spiro atoms. The van der Waals surface area contributed by atoms with Crippen LogP contribution in [-0.2, 0) is 6.42 Å². The number of anilines is 2. The van der Waals surface area contributed by atoms with E-state index in [1.807, 2.05) is 0 Å². The van der Waals surface area contributed by atoms with E-state index >= 15 is 0 Å². The summed E-state index contributed by atoms with van der Waals surface area (Å²) in [5.74, 6) is 2.95. The quantitative estimate of drug-likeness (QED) is 0.819. The van der Waals surface area contributed by atoms with Crippen molar-refractivity contribution in [2.45, 2.75) is 59.9 Å². The van der Waals surface area contributed by atoms with Gasteiger partial charge in [-0.05, 0) is 26.7 Å². The number of nitrogens with one attached hydrogen (secondary N) is 1. The Morgan fingerprint density at radius 3 is 2.21 bits per heavy atom. The Balaban J connectivity index is 3.20.